The first-order chi connectivity index (χ1) is 7.36. The molecule has 1 fully saturated rings. The van der Waals surface area contributed by atoms with Crippen molar-refractivity contribution in [3.05, 3.63) is 29.6 Å². The number of fused-ring (bicyclic) bond motifs is 1. The van der Waals surface area contributed by atoms with Gasteiger partial charge in [0, 0.05) is 18.2 Å². The summed E-state index contributed by atoms with van der Waals surface area (Å²) in [6, 6.07) is 0. The van der Waals surface area contributed by atoms with Crippen LogP contribution in [0.2, 0.25) is 0 Å². The first-order valence-corrected chi connectivity index (χ1v) is 5.32. The number of hydrogen-bond donors (Lipinski definition) is 1. The van der Waals surface area contributed by atoms with Crippen LogP contribution in [0.4, 0.5) is 11.4 Å². The molecule has 0 amide bonds. The zero-order valence-corrected chi connectivity index (χ0v) is 8.48. The summed E-state index contributed by atoms with van der Waals surface area (Å²) in [5.41, 5.74) is 10.1. The molecular weight excluding hydrogens is 186 g/mol. The topological polar surface area (TPSA) is 51.3 Å². The molecule has 3 heteroatoms. The Balaban J connectivity index is 2.19. The SMILES string of the molecule is Nc1cnc2c(c1C1CC1)N=CC=CC2. The lowest BCUT2D eigenvalue weighted by atomic mass is 10.1. The third kappa shape index (κ3) is 1.44. The molecule has 0 saturated heterocycles. The zero-order chi connectivity index (χ0) is 10.3. The highest BCUT2D eigenvalue weighted by atomic mass is 14.8. The van der Waals surface area contributed by atoms with Crippen LogP contribution in [0.1, 0.15) is 30.0 Å². The Hall–Kier alpha value is -1.64. The molecule has 0 spiro atoms. The van der Waals surface area contributed by atoms with Crippen LogP contribution < -0.4 is 5.73 Å². The second kappa shape index (κ2) is 3.19. The first kappa shape index (κ1) is 8.65. The number of allylic oxidation sites excluding steroid dienone is 2. The minimum absolute atomic E-state index is 0.622. The molecule has 3 nitrogen and oxygen atoms in total. The summed E-state index contributed by atoms with van der Waals surface area (Å²) in [7, 11) is 0. The maximum atomic E-state index is 5.98. The van der Waals surface area contributed by atoms with E-state index in [4.69, 9.17) is 5.73 Å². The Morgan fingerprint density at radius 2 is 2.20 bits per heavy atom. The molecule has 1 aliphatic heterocycles. The molecule has 1 aromatic rings. The fourth-order valence-electron chi connectivity index (χ4n) is 2.02. The summed E-state index contributed by atoms with van der Waals surface area (Å²) in [4.78, 5) is 8.81. The van der Waals surface area contributed by atoms with Crippen molar-refractivity contribution < 1.29 is 0 Å². The number of pyridine rings is 1. The smallest absolute Gasteiger partial charge is 0.0903 e. The predicted octanol–water partition coefficient (Wildman–Crippen LogP) is 2.36. The molecule has 3 rings (SSSR count). The quantitative estimate of drug-likeness (QED) is 0.754. The first-order valence-electron chi connectivity index (χ1n) is 5.32. The summed E-state index contributed by atoms with van der Waals surface area (Å²) in [6.45, 7) is 0. The molecule has 0 bridgehead atoms. The van der Waals surface area contributed by atoms with Crippen LogP contribution in [0, 0.1) is 0 Å². The van der Waals surface area contributed by atoms with Gasteiger partial charge in [0.1, 0.15) is 0 Å². The normalized spacial score (nSPS) is 18.7. The molecule has 1 aromatic heterocycles. The van der Waals surface area contributed by atoms with Crippen molar-refractivity contribution in [1.29, 1.82) is 0 Å². The van der Waals surface area contributed by atoms with Crippen molar-refractivity contribution in [1.82, 2.24) is 4.98 Å². The maximum Gasteiger partial charge on any atom is 0.0903 e. The van der Waals surface area contributed by atoms with Crippen LogP contribution in [0.25, 0.3) is 0 Å². The highest BCUT2D eigenvalue weighted by molar-refractivity contribution is 5.79. The molecule has 2 N–H and O–H groups in total. The Labute approximate surface area is 88.7 Å². The zero-order valence-electron chi connectivity index (χ0n) is 8.48. The van der Waals surface area contributed by atoms with Crippen LogP contribution in [0.5, 0.6) is 0 Å². The molecule has 1 saturated carbocycles. The Morgan fingerprint density at radius 3 is 3.00 bits per heavy atom. The second-order valence-electron chi connectivity index (χ2n) is 4.11. The summed E-state index contributed by atoms with van der Waals surface area (Å²) in [5.74, 6) is 0.622. The number of aromatic nitrogens is 1. The van der Waals surface area contributed by atoms with Gasteiger partial charge in [-0.1, -0.05) is 6.08 Å². The average molecular weight is 199 g/mol. The van der Waals surface area contributed by atoms with Crippen molar-refractivity contribution in [2.45, 2.75) is 25.2 Å². The Bertz CT molecular complexity index is 456. The highest BCUT2D eigenvalue weighted by Crippen LogP contribution is 2.47. The van der Waals surface area contributed by atoms with E-state index in [2.05, 4.69) is 16.1 Å². The van der Waals surface area contributed by atoms with Gasteiger partial charge in [0.15, 0.2) is 0 Å². The van der Waals surface area contributed by atoms with Crippen molar-refractivity contribution in [2.24, 2.45) is 4.99 Å². The second-order valence-corrected chi connectivity index (χ2v) is 4.11. The molecule has 15 heavy (non-hydrogen) atoms. The Morgan fingerprint density at radius 1 is 1.33 bits per heavy atom. The molecule has 2 heterocycles. The van der Waals surface area contributed by atoms with Crippen LogP contribution in [0.3, 0.4) is 0 Å². The van der Waals surface area contributed by atoms with Gasteiger partial charge in [-0.15, -0.1) is 0 Å². The maximum absolute atomic E-state index is 5.98. The lowest BCUT2D eigenvalue weighted by Crippen LogP contribution is -1.98. The number of nitrogens with two attached hydrogens (primary N) is 1. The van der Waals surface area contributed by atoms with E-state index in [1.54, 1.807) is 6.20 Å². The van der Waals surface area contributed by atoms with Gasteiger partial charge < -0.3 is 5.73 Å². The average Bonchev–Trinajstić information content (AvgIpc) is 3.02. The van der Waals surface area contributed by atoms with Crippen molar-refractivity contribution in [3.8, 4) is 0 Å². The number of nitrogens with zero attached hydrogens (tertiary/aromatic N) is 2. The third-order valence-electron chi connectivity index (χ3n) is 2.92. The van der Waals surface area contributed by atoms with E-state index >= 15 is 0 Å². The molecule has 0 aromatic carbocycles. The summed E-state index contributed by atoms with van der Waals surface area (Å²) in [6.07, 6.45) is 11.0. The van der Waals surface area contributed by atoms with Gasteiger partial charge in [-0.3, -0.25) is 9.98 Å². The van der Waals surface area contributed by atoms with E-state index in [1.165, 1.54) is 18.4 Å². The van der Waals surface area contributed by atoms with Gasteiger partial charge in [0.05, 0.1) is 23.3 Å². The monoisotopic (exact) mass is 199 g/mol. The minimum Gasteiger partial charge on any atom is -0.397 e. The molecule has 1 aliphatic carbocycles. The van der Waals surface area contributed by atoms with E-state index in [0.717, 1.165) is 23.5 Å². The standard InChI is InChI=1S/C12H13N3/c13-9-7-15-10-3-1-2-6-14-12(10)11(9)8-4-5-8/h1-2,6-8H,3-5,13H2. The van der Waals surface area contributed by atoms with Gasteiger partial charge >= 0.3 is 0 Å². The van der Waals surface area contributed by atoms with Crippen LogP contribution in [-0.2, 0) is 6.42 Å². The number of anilines is 1. The van der Waals surface area contributed by atoms with Gasteiger partial charge in [0.2, 0.25) is 0 Å². The van der Waals surface area contributed by atoms with Crippen LogP contribution >= 0.6 is 0 Å². The van der Waals surface area contributed by atoms with Gasteiger partial charge in [0.25, 0.3) is 0 Å². The molecular formula is C12H13N3. The molecule has 76 valence electrons. The number of aliphatic imine (C=N–C) groups is 1. The van der Waals surface area contributed by atoms with Gasteiger partial charge in [-0.2, -0.15) is 0 Å². The summed E-state index contributed by atoms with van der Waals surface area (Å²) in [5, 5.41) is 0. The lowest BCUT2D eigenvalue weighted by Gasteiger charge is -2.10. The van der Waals surface area contributed by atoms with E-state index in [0.29, 0.717) is 5.92 Å². The summed E-state index contributed by atoms with van der Waals surface area (Å²) < 4.78 is 0. The van der Waals surface area contributed by atoms with Crippen LogP contribution in [-0.4, -0.2) is 11.2 Å². The van der Waals surface area contributed by atoms with Gasteiger partial charge in [-0.25, -0.2) is 0 Å². The fourth-order valence-corrected chi connectivity index (χ4v) is 2.02. The number of rotatable bonds is 1. The lowest BCUT2D eigenvalue weighted by molar-refractivity contribution is 1.05. The number of hydrogen-bond acceptors (Lipinski definition) is 3. The Kier molecular flexibility index (Phi) is 1.84. The predicted molar refractivity (Wildman–Crippen MR) is 61.6 cm³/mol. The van der Waals surface area contributed by atoms with Crippen LogP contribution in [0.15, 0.2) is 23.3 Å². The van der Waals surface area contributed by atoms with E-state index in [-0.39, 0.29) is 0 Å². The third-order valence-corrected chi connectivity index (χ3v) is 2.92. The van der Waals surface area contributed by atoms with E-state index in [9.17, 15) is 0 Å². The molecule has 0 atom stereocenters. The largest absolute Gasteiger partial charge is 0.397 e. The van der Waals surface area contributed by atoms with Crippen molar-refractivity contribution >= 4 is 17.6 Å². The van der Waals surface area contributed by atoms with Gasteiger partial charge in [-0.05, 0) is 24.8 Å². The molecule has 0 radical (unpaired) electrons. The fraction of sp³-hybridized carbons (Fsp3) is 0.333. The summed E-state index contributed by atoms with van der Waals surface area (Å²) >= 11 is 0. The van der Waals surface area contributed by atoms with E-state index in [1.807, 2.05) is 12.3 Å². The minimum atomic E-state index is 0.622. The molecule has 0 unspecified atom stereocenters. The van der Waals surface area contributed by atoms with Crippen molar-refractivity contribution in [2.75, 3.05) is 5.73 Å². The van der Waals surface area contributed by atoms with Crippen molar-refractivity contribution in [3.63, 3.8) is 0 Å². The molecule has 2 aliphatic rings. The number of nitrogen functional groups attached to an aromatic ring is 1. The highest BCUT2D eigenvalue weighted by Gasteiger charge is 2.29. The van der Waals surface area contributed by atoms with E-state index < -0.39 is 0 Å².